The number of benzene rings is 1. The molecule has 0 radical (unpaired) electrons. The lowest BCUT2D eigenvalue weighted by Crippen LogP contribution is -2.49. The monoisotopic (exact) mass is 330 g/mol. The molecule has 7 heteroatoms. The van der Waals surface area contributed by atoms with Gasteiger partial charge < -0.3 is 14.6 Å². The topological polar surface area (TPSA) is 80.5 Å². The molecular weight excluding hydrogens is 308 g/mol. The number of carbonyl (C=O) groups excluding carboxylic acids is 1. The number of ether oxygens (including phenoxy) is 1. The van der Waals surface area contributed by atoms with Gasteiger partial charge in [0, 0.05) is 19.6 Å². The second kappa shape index (κ2) is 7.55. The predicted octanol–water partition coefficient (Wildman–Crippen LogP) is 1.46. The Morgan fingerprint density at radius 1 is 1.42 bits per heavy atom. The summed E-state index contributed by atoms with van der Waals surface area (Å²) in [6, 6.07) is 9.88. The van der Waals surface area contributed by atoms with E-state index in [4.69, 9.17) is 9.26 Å². The summed E-state index contributed by atoms with van der Waals surface area (Å²) < 4.78 is 10.7. The van der Waals surface area contributed by atoms with Crippen LogP contribution in [0.5, 0.6) is 0 Å². The number of aryl methyl sites for hydroxylation is 1. The van der Waals surface area contributed by atoms with Gasteiger partial charge in [-0.3, -0.25) is 9.69 Å². The highest BCUT2D eigenvalue weighted by atomic mass is 16.5. The van der Waals surface area contributed by atoms with E-state index in [0.717, 1.165) is 13.1 Å². The molecule has 1 amide bonds. The number of rotatable bonds is 5. The van der Waals surface area contributed by atoms with E-state index in [1.165, 1.54) is 5.56 Å². The first-order valence-electron chi connectivity index (χ1n) is 8.10. The van der Waals surface area contributed by atoms with Gasteiger partial charge >= 0.3 is 0 Å². The molecule has 128 valence electrons. The Morgan fingerprint density at radius 2 is 2.21 bits per heavy atom. The first kappa shape index (κ1) is 16.6. The number of aromatic nitrogens is 2. The van der Waals surface area contributed by atoms with Gasteiger partial charge in [0.2, 0.25) is 5.89 Å². The largest absolute Gasteiger partial charge is 0.366 e. The van der Waals surface area contributed by atoms with E-state index in [0.29, 0.717) is 24.9 Å². The quantitative estimate of drug-likeness (QED) is 0.894. The molecule has 1 aromatic carbocycles. The molecule has 1 fully saturated rings. The number of nitrogens with one attached hydrogen (secondary N) is 1. The third kappa shape index (κ3) is 4.18. The molecule has 1 N–H and O–H groups in total. The van der Waals surface area contributed by atoms with Crippen molar-refractivity contribution in [2.45, 2.75) is 32.5 Å². The van der Waals surface area contributed by atoms with Crippen molar-refractivity contribution in [3.8, 4) is 0 Å². The molecule has 1 aliphatic rings. The highest BCUT2D eigenvalue weighted by molar-refractivity contribution is 5.81. The van der Waals surface area contributed by atoms with Crippen molar-refractivity contribution in [1.29, 1.82) is 0 Å². The van der Waals surface area contributed by atoms with E-state index in [-0.39, 0.29) is 11.9 Å². The average Bonchev–Trinajstić information content (AvgIpc) is 3.03. The fourth-order valence-corrected chi connectivity index (χ4v) is 2.70. The molecule has 1 aliphatic heterocycles. The minimum Gasteiger partial charge on any atom is -0.366 e. The maximum Gasteiger partial charge on any atom is 0.251 e. The summed E-state index contributed by atoms with van der Waals surface area (Å²) in [6.45, 7) is 6.29. The Hall–Kier alpha value is -2.25. The van der Waals surface area contributed by atoms with Crippen LogP contribution in [0, 0.1) is 6.92 Å². The Bertz CT molecular complexity index is 673. The summed E-state index contributed by atoms with van der Waals surface area (Å²) in [5.41, 5.74) is 1.23. The van der Waals surface area contributed by atoms with Crippen molar-refractivity contribution in [2.24, 2.45) is 0 Å². The summed E-state index contributed by atoms with van der Waals surface area (Å²) in [6.07, 6.45) is -0.492. The summed E-state index contributed by atoms with van der Waals surface area (Å²) >= 11 is 0. The van der Waals surface area contributed by atoms with Crippen LogP contribution >= 0.6 is 0 Å². The summed E-state index contributed by atoms with van der Waals surface area (Å²) in [5.74, 6) is 0.794. The van der Waals surface area contributed by atoms with Crippen LogP contribution in [-0.4, -0.2) is 46.7 Å². The standard InChI is InChI=1S/C17H22N4O3/c1-12(17-19-13(2)20-24-17)18-16(22)15-11-21(8-9-23-15)10-14-6-4-3-5-7-14/h3-7,12,15H,8-11H2,1-2H3,(H,18,22)/t12-,15-/m0/s1. The van der Waals surface area contributed by atoms with Gasteiger partial charge in [-0.2, -0.15) is 4.98 Å². The van der Waals surface area contributed by atoms with Gasteiger partial charge in [0.25, 0.3) is 5.91 Å². The first-order valence-corrected chi connectivity index (χ1v) is 8.10. The summed E-state index contributed by atoms with van der Waals surface area (Å²) in [4.78, 5) is 18.8. The zero-order valence-corrected chi connectivity index (χ0v) is 13.9. The molecule has 7 nitrogen and oxygen atoms in total. The highest BCUT2D eigenvalue weighted by Crippen LogP contribution is 2.13. The molecule has 0 aliphatic carbocycles. The Labute approximate surface area is 141 Å². The Balaban J connectivity index is 1.55. The Kier molecular flexibility index (Phi) is 5.22. The minimum absolute atomic E-state index is 0.156. The SMILES string of the molecule is Cc1noc([C@H](C)NC(=O)[C@@H]2CN(Cc3ccccc3)CCO2)n1. The summed E-state index contributed by atoms with van der Waals surface area (Å²) in [7, 11) is 0. The van der Waals surface area contributed by atoms with E-state index in [2.05, 4.69) is 32.5 Å². The van der Waals surface area contributed by atoms with Crippen LogP contribution in [0.3, 0.4) is 0 Å². The molecule has 2 heterocycles. The fourth-order valence-electron chi connectivity index (χ4n) is 2.70. The van der Waals surface area contributed by atoms with Crippen LogP contribution in [0.15, 0.2) is 34.9 Å². The highest BCUT2D eigenvalue weighted by Gasteiger charge is 2.28. The second-order valence-corrected chi connectivity index (χ2v) is 5.99. The average molecular weight is 330 g/mol. The van der Waals surface area contributed by atoms with Gasteiger partial charge in [-0.25, -0.2) is 0 Å². The van der Waals surface area contributed by atoms with Crippen molar-refractivity contribution >= 4 is 5.91 Å². The summed E-state index contributed by atoms with van der Waals surface area (Å²) in [5, 5.41) is 6.62. The van der Waals surface area contributed by atoms with Crippen molar-refractivity contribution in [3.05, 3.63) is 47.6 Å². The predicted molar refractivity (Wildman–Crippen MR) is 87.1 cm³/mol. The van der Waals surface area contributed by atoms with E-state index >= 15 is 0 Å². The van der Waals surface area contributed by atoms with Gasteiger partial charge in [-0.15, -0.1) is 0 Å². The van der Waals surface area contributed by atoms with Crippen LogP contribution in [0.4, 0.5) is 0 Å². The maximum atomic E-state index is 12.4. The molecule has 0 saturated carbocycles. The minimum atomic E-state index is -0.492. The van der Waals surface area contributed by atoms with Crippen LogP contribution in [0.1, 0.15) is 30.2 Å². The van der Waals surface area contributed by atoms with Crippen molar-refractivity contribution in [1.82, 2.24) is 20.4 Å². The molecule has 24 heavy (non-hydrogen) atoms. The van der Waals surface area contributed by atoms with Gasteiger partial charge in [0.05, 0.1) is 6.61 Å². The van der Waals surface area contributed by atoms with Gasteiger partial charge in [0.1, 0.15) is 12.1 Å². The van der Waals surface area contributed by atoms with E-state index in [1.54, 1.807) is 6.92 Å². The lowest BCUT2D eigenvalue weighted by Gasteiger charge is -2.32. The maximum absolute atomic E-state index is 12.4. The number of morpholine rings is 1. The van der Waals surface area contributed by atoms with Crippen molar-refractivity contribution < 1.29 is 14.1 Å². The Morgan fingerprint density at radius 3 is 2.92 bits per heavy atom. The smallest absolute Gasteiger partial charge is 0.251 e. The zero-order valence-electron chi connectivity index (χ0n) is 13.9. The number of hydrogen-bond acceptors (Lipinski definition) is 6. The molecular formula is C17H22N4O3. The van der Waals surface area contributed by atoms with Crippen LogP contribution in [0.25, 0.3) is 0 Å². The lowest BCUT2D eigenvalue weighted by molar-refractivity contribution is -0.139. The van der Waals surface area contributed by atoms with Gasteiger partial charge in [-0.05, 0) is 19.4 Å². The molecule has 1 aromatic heterocycles. The molecule has 0 unspecified atom stereocenters. The van der Waals surface area contributed by atoms with Crippen molar-refractivity contribution in [2.75, 3.05) is 19.7 Å². The first-order chi connectivity index (χ1) is 11.6. The lowest BCUT2D eigenvalue weighted by atomic mass is 10.2. The molecule has 0 bridgehead atoms. The number of carbonyl (C=O) groups is 1. The second-order valence-electron chi connectivity index (χ2n) is 5.99. The number of hydrogen-bond donors (Lipinski definition) is 1. The molecule has 2 aromatic rings. The number of nitrogens with zero attached hydrogens (tertiary/aromatic N) is 3. The zero-order chi connectivity index (χ0) is 16.9. The molecule has 2 atom stereocenters. The van der Waals surface area contributed by atoms with E-state index in [1.807, 2.05) is 25.1 Å². The third-order valence-corrected chi connectivity index (χ3v) is 3.96. The van der Waals surface area contributed by atoms with E-state index < -0.39 is 6.10 Å². The molecule has 0 spiro atoms. The van der Waals surface area contributed by atoms with Crippen LogP contribution in [-0.2, 0) is 16.1 Å². The van der Waals surface area contributed by atoms with Gasteiger partial charge in [-0.1, -0.05) is 35.5 Å². The normalized spacial score (nSPS) is 19.8. The third-order valence-electron chi connectivity index (χ3n) is 3.96. The van der Waals surface area contributed by atoms with E-state index in [9.17, 15) is 4.79 Å². The van der Waals surface area contributed by atoms with Crippen LogP contribution in [0.2, 0.25) is 0 Å². The number of amides is 1. The molecule has 3 rings (SSSR count). The fraction of sp³-hybridized carbons (Fsp3) is 0.471. The van der Waals surface area contributed by atoms with Crippen LogP contribution < -0.4 is 5.32 Å². The molecule has 1 saturated heterocycles. The van der Waals surface area contributed by atoms with Crippen molar-refractivity contribution in [3.63, 3.8) is 0 Å². The van der Waals surface area contributed by atoms with Gasteiger partial charge in [0.15, 0.2) is 5.82 Å².